The first kappa shape index (κ1) is 33.2. The highest BCUT2D eigenvalue weighted by Crippen LogP contribution is 2.43. The second-order valence-corrected chi connectivity index (χ2v) is 12.6. The molecule has 212 valence electrons. The Labute approximate surface area is 223 Å². The van der Waals surface area contributed by atoms with Gasteiger partial charge in [-0.2, -0.15) is 0 Å². The maximum Gasteiger partial charge on any atom is 0.361 e. The molecule has 0 saturated carbocycles. The van der Waals surface area contributed by atoms with Gasteiger partial charge in [0.2, 0.25) is 5.91 Å². The molecule has 0 saturated heterocycles. The molecule has 1 unspecified atom stereocenters. The number of carbonyl (C=O) groups is 1. The van der Waals surface area contributed by atoms with Crippen molar-refractivity contribution >= 4 is 30.2 Å². The molecule has 1 amide bonds. The summed E-state index contributed by atoms with van der Waals surface area (Å²) in [6.45, 7) is 2.76. The number of nitrogens with zero attached hydrogens (tertiary/aromatic N) is 2. The van der Waals surface area contributed by atoms with Crippen LogP contribution in [0.15, 0.2) is 18.2 Å². The van der Waals surface area contributed by atoms with E-state index in [9.17, 15) is 24.4 Å². The van der Waals surface area contributed by atoms with Gasteiger partial charge in [0.25, 0.3) is 5.69 Å². The third-order valence-electron chi connectivity index (χ3n) is 6.31. The number of hydrogen-bond donors (Lipinski definition) is 2. The lowest BCUT2D eigenvalue weighted by molar-refractivity contribution is -0.870. The minimum atomic E-state index is -4.28. The number of anilines is 1. The van der Waals surface area contributed by atoms with E-state index in [-0.39, 0.29) is 35.6 Å². The highest BCUT2D eigenvalue weighted by atomic mass is 31.2. The Bertz CT molecular complexity index is 872. The molecule has 0 bridgehead atoms. The van der Waals surface area contributed by atoms with E-state index in [4.69, 9.17) is 4.52 Å². The highest BCUT2D eigenvalue weighted by Gasteiger charge is 2.29. The first-order valence-corrected chi connectivity index (χ1v) is 15.4. The maximum absolute atomic E-state index is 12.9. The van der Waals surface area contributed by atoms with Gasteiger partial charge in [0.05, 0.1) is 37.1 Å². The summed E-state index contributed by atoms with van der Waals surface area (Å²) in [6, 6.07) is 3.44. The molecule has 0 aliphatic heterocycles. The number of amides is 1. The first-order valence-electron chi connectivity index (χ1n) is 13.8. The molecule has 0 aromatic heterocycles. The Kier molecular flexibility index (Phi) is 15.9. The van der Waals surface area contributed by atoms with Crippen molar-refractivity contribution in [2.24, 2.45) is 0 Å². The summed E-state index contributed by atoms with van der Waals surface area (Å²) >= 11 is 0. The number of quaternary nitrogens is 1. The van der Waals surface area contributed by atoms with Crippen LogP contribution in [0, 0.1) is 10.1 Å². The van der Waals surface area contributed by atoms with Crippen LogP contribution in [0.4, 0.5) is 11.4 Å². The van der Waals surface area contributed by atoms with E-state index in [0.29, 0.717) is 17.4 Å². The van der Waals surface area contributed by atoms with Crippen LogP contribution in [0.25, 0.3) is 0 Å². The van der Waals surface area contributed by atoms with E-state index < -0.39 is 12.5 Å². The van der Waals surface area contributed by atoms with Crippen molar-refractivity contribution in [3.63, 3.8) is 0 Å². The van der Waals surface area contributed by atoms with Gasteiger partial charge in [-0.15, -0.1) is 0 Å². The number of nitro groups is 1. The smallest absolute Gasteiger partial charge is 0.329 e. The Morgan fingerprint density at radius 2 is 1.49 bits per heavy atom. The topological polar surface area (TPSA) is 119 Å². The molecule has 0 heterocycles. The summed E-state index contributed by atoms with van der Waals surface area (Å²) in [5, 5.41) is 13.7. The van der Waals surface area contributed by atoms with E-state index in [1.165, 1.54) is 63.9 Å². The van der Waals surface area contributed by atoms with Crippen LogP contribution in [0.2, 0.25) is 0 Å². The zero-order valence-electron chi connectivity index (χ0n) is 23.4. The van der Waals surface area contributed by atoms with Crippen molar-refractivity contribution in [1.82, 2.24) is 0 Å². The van der Waals surface area contributed by atoms with Crippen LogP contribution < -0.4 is 10.6 Å². The zero-order chi connectivity index (χ0) is 27.7. The molecule has 0 fully saturated rings. The van der Waals surface area contributed by atoms with Crippen LogP contribution in [-0.4, -0.2) is 54.5 Å². The maximum atomic E-state index is 12.9. The van der Waals surface area contributed by atoms with Crippen LogP contribution in [0.3, 0.4) is 0 Å². The van der Waals surface area contributed by atoms with Gasteiger partial charge in [0, 0.05) is 18.6 Å². The summed E-state index contributed by atoms with van der Waals surface area (Å²) in [5.41, 5.74) is -0.323. The Hall–Kier alpha value is -1.80. The standard InChI is InChI=1S/C27H48N3O6P/c1-5-6-7-8-9-10-11-12-13-14-15-16-17-18-27(31)28-25-23-24(29(32)33)19-20-26(25)37(34,35)36-22-21-30(2,3)4/h19-20,23H,5-18,21-22H2,1-4H3,(H-,28,31,34,35)/p+1. The summed E-state index contributed by atoms with van der Waals surface area (Å²) in [4.78, 5) is 33.6. The van der Waals surface area contributed by atoms with Crippen molar-refractivity contribution in [2.75, 3.05) is 39.6 Å². The molecule has 0 aliphatic rings. The number of non-ortho nitro benzene ring substituents is 1. The molecule has 1 atom stereocenters. The predicted molar refractivity (Wildman–Crippen MR) is 150 cm³/mol. The Morgan fingerprint density at radius 3 is 1.97 bits per heavy atom. The largest absolute Gasteiger partial charge is 0.361 e. The fourth-order valence-electron chi connectivity index (χ4n) is 4.01. The first-order chi connectivity index (χ1) is 17.5. The van der Waals surface area contributed by atoms with E-state index in [0.717, 1.165) is 31.4 Å². The van der Waals surface area contributed by atoms with Gasteiger partial charge in [-0.25, -0.2) is 0 Å². The summed E-state index contributed by atoms with van der Waals surface area (Å²) in [7, 11) is 1.51. The fourth-order valence-corrected chi connectivity index (χ4v) is 5.16. The van der Waals surface area contributed by atoms with Gasteiger partial charge < -0.3 is 14.7 Å². The molecule has 0 spiro atoms. The third-order valence-corrected chi connectivity index (χ3v) is 7.84. The quantitative estimate of drug-likeness (QED) is 0.0598. The highest BCUT2D eigenvalue weighted by molar-refractivity contribution is 7.61. The average Bonchev–Trinajstić information content (AvgIpc) is 2.80. The van der Waals surface area contributed by atoms with Crippen molar-refractivity contribution in [1.29, 1.82) is 0 Å². The fraction of sp³-hybridized carbons (Fsp3) is 0.741. The van der Waals surface area contributed by atoms with Gasteiger partial charge >= 0.3 is 7.60 Å². The SMILES string of the molecule is CCCCCCCCCCCCCCCC(=O)Nc1cc([N+](=O)[O-])ccc1P(=O)(O)OCC[N+](C)(C)C. The van der Waals surface area contributed by atoms with E-state index in [1.807, 2.05) is 21.1 Å². The molecule has 10 heteroatoms. The van der Waals surface area contributed by atoms with Gasteiger partial charge in [0.15, 0.2) is 0 Å². The molecule has 0 radical (unpaired) electrons. The van der Waals surface area contributed by atoms with Gasteiger partial charge in [0.1, 0.15) is 13.2 Å². The molecule has 1 aromatic rings. The average molecular weight is 543 g/mol. The van der Waals surface area contributed by atoms with Gasteiger partial charge in [-0.05, 0) is 12.5 Å². The molecule has 1 rings (SSSR count). The number of rotatable bonds is 21. The Morgan fingerprint density at radius 1 is 0.973 bits per heavy atom. The number of benzene rings is 1. The summed E-state index contributed by atoms with van der Waals surface area (Å²) < 4.78 is 18.7. The molecule has 2 N–H and O–H groups in total. The van der Waals surface area contributed by atoms with Crippen molar-refractivity contribution in [2.45, 2.75) is 96.8 Å². The molecular formula is C27H49N3O6P+. The van der Waals surface area contributed by atoms with Gasteiger partial charge in [-0.3, -0.25) is 24.0 Å². The van der Waals surface area contributed by atoms with Crippen molar-refractivity contribution in [3.8, 4) is 0 Å². The van der Waals surface area contributed by atoms with E-state index in [1.54, 1.807) is 0 Å². The number of likely N-dealkylation sites (N-methyl/N-ethyl adjacent to an activating group) is 1. The third kappa shape index (κ3) is 15.3. The second kappa shape index (κ2) is 17.7. The number of nitrogens with one attached hydrogen (secondary N) is 1. The van der Waals surface area contributed by atoms with Crippen LogP contribution in [-0.2, 0) is 13.9 Å². The lowest BCUT2D eigenvalue weighted by atomic mass is 10.0. The van der Waals surface area contributed by atoms with Crippen molar-refractivity contribution in [3.05, 3.63) is 28.3 Å². The van der Waals surface area contributed by atoms with Crippen LogP contribution in [0.1, 0.15) is 96.8 Å². The predicted octanol–water partition coefficient (Wildman–Crippen LogP) is 6.55. The van der Waals surface area contributed by atoms with Gasteiger partial charge in [-0.1, -0.05) is 84.0 Å². The molecular weight excluding hydrogens is 493 g/mol. The molecule has 37 heavy (non-hydrogen) atoms. The normalized spacial score (nSPS) is 13.3. The zero-order valence-corrected chi connectivity index (χ0v) is 24.3. The summed E-state index contributed by atoms with van der Waals surface area (Å²) in [5.74, 6) is -0.337. The number of carbonyl (C=O) groups excluding carboxylic acids is 1. The van der Waals surface area contributed by atoms with Crippen LogP contribution >= 0.6 is 7.60 Å². The van der Waals surface area contributed by atoms with Crippen molar-refractivity contribution < 1.29 is 28.2 Å². The van der Waals surface area contributed by atoms with E-state index in [2.05, 4.69) is 12.2 Å². The minimum absolute atomic E-state index is 0.0284. The van der Waals surface area contributed by atoms with E-state index >= 15 is 0 Å². The number of nitro benzene ring substituents is 1. The van der Waals surface area contributed by atoms with Crippen LogP contribution in [0.5, 0.6) is 0 Å². The summed E-state index contributed by atoms with van der Waals surface area (Å²) in [6.07, 6.45) is 15.9. The minimum Gasteiger partial charge on any atom is -0.329 e. The number of unbranched alkanes of at least 4 members (excludes halogenated alkanes) is 12. The lowest BCUT2D eigenvalue weighted by Crippen LogP contribution is -2.37. The molecule has 1 aromatic carbocycles. The molecule has 9 nitrogen and oxygen atoms in total. The number of hydrogen-bond acceptors (Lipinski definition) is 5. The Balaban J connectivity index is 2.46. The molecule has 0 aliphatic carbocycles. The second-order valence-electron chi connectivity index (χ2n) is 10.9. The lowest BCUT2D eigenvalue weighted by Gasteiger charge is -2.24. The monoisotopic (exact) mass is 542 g/mol.